The number of nitrogens with zero attached hydrogens (tertiary/aromatic N) is 2. The van der Waals surface area contributed by atoms with Crippen LogP contribution in [0.1, 0.15) is 58.8 Å². The number of hydrogen-bond acceptors (Lipinski definition) is 4. The van der Waals surface area contributed by atoms with Crippen LogP contribution in [-0.2, 0) is 9.53 Å². The number of esters is 1. The quantitative estimate of drug-likeness (QED) is 0.262. The monoisotopic (exact) mass is 403 g/mol. The van der Waals surface area contributed by atoms with Crippen LogP contribution >= 0.6 is 0 Å². The fourth-order valence-electron chi connectivity index (χ4n) is 3.46. The summed E-state index contributed by atoms with van der Waals surface area (Å²) >= 11 is 0. The average Bonchev–Trinajstić information content (AvgIpc) is 2.74. The van der Waals surface area contributed by atoms with E-state index in [2.05, 4.69) is 17.1 Å². The maximum atomic E-state index is 11.3. The highest BCUT2D eigenvalue weighted by molar-refractivity contribution is 5.80. The van der Waals surface area contributed by atoms with Gasteiger partial charge in [-0.25, -0.2) is 0 Å². The third-order valence-corrected chi connectivity index (χ3v) is 4.98. The summed E-state index contributed by atoms with van der Waals surface area (Å²) in [5.41, 5.74) is 0. The van der Waals surface area contributed by atoms with Crippen molar-refractivity contribution in [3.05, 3.63) is 30.3 Å². The number of guanidine groups is 1. The molecule has 162 valence electrons. The molecule has 6 heteroatoms. The number of nitrogens with one attached hydrogen (secondary N) is 1. The Labute approximate surface area is 175 Å². The first-order valence-electron chi connectivity index (χ1n) is 11.1. The number of carbonyl (C=O) groups excluding carboxylic acids is 1. The van der Waals surface area contributed by atoms with Gasteiger partial charge in [-0.1, -0.05) is 31.0 Å². The van der Waals surface area contributed by atoms with Crippen LogP contribution in [0.25, 0.3) is 0 Å². The smallest absolute Gasteiger partial charge is 0.305 e. The number of carbonyl (C=O) groups is 1. The molecule has 1 aliphatic heterocycles. The minimum Gasteiger partial charge on any atom is -0.490 e. The molecule has 0 aliphatic carbocycles. The van der Waals surface area contributed by atoms with Crippen LogP contribution in [0.5, 0.6) is 5.75 Å². The first-order chi connectivity index (χ1) is 14.2. The SMILES string of the molecule is CCNC(=NCCCCCCC(=O)OCC)N1CCC(Oc2ccccc2)CC1. The lowest BCUT2D eigenvalue weighted by Gasteiger charge is -2.34. The Morgan fingerprint density at radius 2 is 1.83 bits per heavy atom. The molecular formula is C23H37N3O3. The molecule has 0 radical (unpaired) electrons. The Hall–Kier alpha value is -2.24. The number of unbranched alkanes of at least 4 members (excludes halogenated alkanes) is 3. The second-order valence-electron chi connectivity index (χ2n) is 7.32. The summed E-state index contributed by atoms with van der Waals surface area (Å²) in [6.07, 6.45) is 6.90. The number of piperidine rings is 1. The fourth-order valence-corrected chi connectivity index (χ4v) is 3.46. The van der Waals surface area contributed by atoms with Crippen molar-refractivity contribution < 1.29 is 14.3 Å². The van der Waals surface area contributed by atoms with Crippen molar-refractivity contribution in [2.24, 2.45) is 4.99 Å². The molecule has 0 bridgehead atoms. The van der Waals surface area contributed by atoms with Crippen molar-refractivity contribution in [1.29, 1.82) is 0 Å². The van der Waals surface area contributed by atoms with E-state index in [0.29, 0.717) is 13.0 Å². The van der Waals surface area contributed by atoms with E-state index in [1.54, 1.807) is 0 Å². The highest BCUT2D eigenvalue weighted by Crippen LogP contribution is 2.18. The summed E-state index contributed by atoms with van der Waals surface area (Å²) in [6, 6.07) is 10.1. The lowest BCUT2D eigenvalue weighted by molar-refractivity contribution is -0.143. The standard InChI is InChI=1S/C23H37N3O3/c1-3-24-23(25-17-11-6-5-10-14-22(27)28-4-2)26-18-15-21(16-19-26)29-20-12-8-7-9-13-20/h7-9,12-13,21H,3-6,10-11,14-19H2,1-2H3,(H,24,25). The minimum absolute atomic E-state index is 0.0837. The van der Waals surface area contributed by atoms with Gasteiger partial charge in [-0.2, -0.15) is 0 Å². The molecule has 0 spiro atoms. The normalized spacial score (nSPS) is 15.2. The van der Waals surface area contributed by atoms with Crippen LogP contribution < -0.4 is 10.1 Å². The third kappa shape index (κ3) is 9.20. The molecule has 29 heavy (non-hydrogen) atoms. The van der Waals surface area contributed by atoms with Crippen molar-refractivity contribution in [3.8, 4) is 5.75 Å². The Morgan fingerprint density at radius 3 is 2.52 bits per heavy atom. The fraction of sp³-hybridized carbons (Fsp3) is 0.652. The average molecular weight is 404 g/mol. The number of benzene rings is 1. The topological polar surface area (TPSA) is 63.2 Å². The highest BCUT2D eigenvalue weighted by atomic mass is 16.5. The van der Waals surface area contributed by atoms with E-state index in [0.717, 1.165) is 76.4 Å². The van der Waals surface area contributed by atoms with Crippen LogP contribution in [0.4, 0.5) is 0 Å². The number of aliphatic imine (C=N–C) groups is 1. The number of ether oxygens (including phenoxy) is 2. The van der Waals surface area contributed by atoms with Crippen molar-refractivity contribution in [2.75, 3.05) is 32.8 Å². The Balaban J connectivity index is 1.66. The van der Waals surface area contributed by atoms with Crippen molar-refractivity contribution >= 4 is 11.9 Å². The molecule has 2 rings (SSSR count). The number of likely N-dealkylation sites (tertiary alicyclic amines) is 1. The lowest BCUT2D eigenvalue weighted by atomic mass is 10.1. The van der Waals surface area contributed by atoms with Gasteiger partial charge < -0.3 is 19.7 Å². The zero-order valence-electron chi connectivity index (χ0n) is 18.1. The summed E-state index contributed by atoms with van der Waals surface area (Å²) in [4.78, 5) is 18.5. The van der Waals surface area contributed by atoms with Crippen LogP contribution in [0, 0.1) is 0 Å². The molecule has 1 saturated heterocycles. The predicted molar refractivity (Wildman–Crippen MR) is 117 cm³/mol. The molecule has 0 atom stereocenters. The second kappa shape index (κ2) is 13.9. The summed E-state index contributed by atoms with van der Waals surface area (Å²) in [5, 5.41) is 3.42. The van der Waals surface area contributed by atoms with Gasteiger partial charge in [0.05, 0.1) is 6.61 Å². The largest absolute Gasteiger partial charge is 0.490 e. The lowest BCUT2D eigenvalue weighted by Crippen LogP contribution is -2.47. The molecule has 1 aliphatic rings. The van der Waals surface area contributed by atoms with Crippen LogP contribution in [0.2, 0.25) is 0 Å². The maximum Gasteiger partial charge on any atom is 0.305 e. The summed E-state index contributed by atoms with van der Waals surface area (Å²) in [7, 11) is 0. The van der Waals surface area contributed by atoms with Gasteiger partial charge in [0.1, 0.15) is 11.9 Å². The first-order valence-corrected chi connectivity index (χ1v) is 11.1. The second-order valence-corrected chi connectivity index (χ2v) is 7.32. The molecule has 0 aromatic heterocycles. The van der Waals surface area contributed by atoms with Crippen LogP contribution in [-0.4, -0.2) is 55.7 Å². The van der Waals surface area contributed by atoms with Crippen molar-refractivity contribution in [1.82, 2.24) is 10.2 Å². The van der Waals surface area contributed by atoms with E-state index >= 15 is 0 Å². The van der Waals surface area contributed by atoms with Gasteiger partial charge in [0, 0.05) is 45.4 Å². The Morgan fingerprint density at radius 1 is 1.10 bits per heavy atom. The first kappa shape index (κ1) is 23.0. The number of hydrogen-bond donors (Lipinski definition) is 1. The van der Waals surface area contributed by atoms with Crippen LogP contribution in [0.15, 0.2) is 35.3 Å². The zero-order chi connectivity index (χ0) is 20.7. The Kier molecular flexibility index (Phi) is 11.0. The summed E-state index contributed by atoms with van der Waals surface area (Å²) in [6.45, 7) is 8.04. The molecule has 1 aromatic rings. The van der Waals surface area contributed by atoms with Gasteiger partial charge >= 0.3 is 5.97 Å². The van der Waals surface area contributed by atoms with Gasteiger partial charge in [0.25, 0.3) is 0 Å². The van der Waals surface area contributed by atoms with E-state index < -0.39 is 0 Å². The number of rotatable bonds is 11. The van der Waals surface area contributed by atoms with E-state index in [1.807, 2.05) is 37.3 Å². The predicted octanol–water partition coefficient (Wildman–Crippen LogP) is 4.01. The van der Waals surface area contributed by atoms with Gasteiger partial charge in [0.15, 0.2) is 5.96 Å². The Bertz CT molecular complexity index is 599. The molecule has 1 aromatic carbocycles. The van der Waals surface area contributed by atoms with E-state index in [-0.39, 0.29) is 12.1 Å². The van der Waals surface area contributed by atoms with Gasteiger partial charge in [0.2, 0.25) is 0 Å². The molecular weight excluding hydrogens is 366 g/mol. The molecule has 1 heterocycles. The molecule has 1 fully saturated rings. The highest BCUT2D eigenvalue weighted by Gasteiger charge is 2.22. The molecule has 0 saturated carbocycles. The third-order valence-electron chi connectivity index (χ3n) is 4.98. The minimum atomic E-state index is -0.0837. The van der Waals surface area contributed by atoms with Crippen molar-refractivity contribution in [3.63, 3.8) is 0 Å². The van der Waals surface area contributed by atoms with Crippen LogP contribution in [0.3, 0.4) is 0 Å². The zero-order valence-corrected chi connectivity index (χ0v) is 18.1. The van der Waals surface area contributed by atoms with Gasteiger partial charge in [-0.15, -0.1) is 0 Å². The van der Waals surface area contributed by atoms with Gasteiger partial charge in [-0.05, 0) is 38.8 Å². The van der Waals surface area contributed by atoms with E-state index in [9.17, 15) is 4.79 Å². The van der Waals surface area contributed by atoms with Gasteiger partial charge in [-0.3, -0.25) is 9.79 Å². The number of para-hydroxylation sites is 1. The van der Waals surface area contributed by atoms with E-state index in [4.69, 9.17) is 14.5 Å². The summed E-state index contributed by atoms with van der Waals surface area (Å²) < 4.78 is 11.0. The summed E-state index contributed by atoms with van der Waals surface area (Å²) in [5.74, 6) is 1.88. The van der Waals surface area contributed by atoms with E-state index in [1.165, 1.54) is 0 Å². The van der Waals surface area contributed by atoms with Crippen molar-refractivity contribution in [2.45, 2.75) is 64.9 Å². The molecule has 0 unspecified atom stereocenters. The molecule has 0 amide bonds. The molecule has 6 nitrogen and oxygen atoms in total. The maximum absolute atomic E-state index is 11.3. The molecule has 1 N–H and O–H groups in total.